The van der Waals surface area contributed by atoms with Crippen LogP contribution in [-0.4, -0.2) is 29.6 Å². The van der Waals surface area contributed by atoms with Gasteiger partial charge in [-0.25, -0.2) is 0 Å². The van der Waals surface area contributed by atoms with Gasteiger partial charge < -0.3 is 10.6 Å². The molecule has 1 aromatic rings. The van der Waals surface area contributed by atoms with Gasteiger partial charge in [-0.2, -0.15) is 0 Å². The predicted octanol–water partition coefficient (Wildman–Crippen LogP) is 2.42. The topological polar surface area (TPSA) is 46.3 Å². The molecule has 1 atom stereocenters. The van der Waals surface area contributed by atoms with Crippen molar-refractivity contribution >= 4 is 17.7 Å². The molecule has 0 radical (unpaired) electrons. The Morgan fingerprint density at radius 1 is 1.33 bits per heavy atom. The molecule has 4 heteroatoms. The normalized spacial score (nSPS) is 16.9. The Morgan fingerprint density at radius 2 is 1.94 bits per heavy atom. The summed E-state index contributed by atoms with van der Waals surface area (Å²) >= 11 is 1.79. The van der Waals surface area contributed by atoms with Crippen LogP contribution >= 0.6 is 11.8 Å². The van der Waals surface area contributed by atoms with Crippen molar-refractivity contribution in [3.63, 3.8) is 0 Å². The van der Waals surface area contributed by atoms with Gasteiger partial charge in [-0.05, 0) is 36.3 Å². The summed E-state index contributed by atoms with van der Waals surface area (Å²) in [6.45, 7) is 3.84. The highest BCUT2D eigenvalue weighted by molar-refractivity contribution is 7.99. The summed E-state index contributed by atoms with van der Waals surface area (Å²) in [6, 6.07) is 7.51. The highest BCUT2D eigenvalue weighted by Gasteiger charge is 2.24. The van der Waals surface area contributed by atoms with Crippen molar-refractivity contribution in [2.45, 2.75) is 30.7 Å². The number of nitrogens with two attached hydrogens (primary N) is 1. The van der Waals surface area contributed by atoms with E-state index in [1.54, 1.807) is 11.8 Å². The van der Waals surface area contributed by atoms with E-state index >= 15 is 0 Å². The number of likely N-dealkylation sites (tertiary alicyclic amines) is 1. The van der Waals surface area contributed by atoms with E-state index in [-0.39, 0.29) is 5.91 Å². The average Bonchev–Trinajstić information content (AvgIpc) is 2.92. The number of rotatable bonds is 4. The van der Waals surface area contributed by atoms with E-state index in [9.17, 15) is 4.79 Å². The van der Waals surface area contributed by atoms with Gasteiger partial charge in [0.1, 0.15) is 6.04 Å². The third kappa shape index (κ3) is 3.06. The van der Waals surface area contributed by atoms with Gasteiger partial charge in [-0.15, -0.1) is 11.8 Å². The van der Waals surface area contributed by atoms with E-state index in [1.165, 1.54) is 4.90 Å². The molecule has 2 rings (SSSR count). The number of amides is 1. The van der Waals surface area contributed by atoms with Crippen LogP contribution in [0.2, 0.25) is 0 Å². The van der Waals surface area contributed by atoms with E-state index < -0.39 is 6.04 Å². The molecule has 3 nitrogen and oxygen atoms in total. The maximum absolute atomic E-state index is 12.2. The van der Waals surface area contributed by atoms with E-state index in [0.29, 0.717) is 0 Å². The monoisotopic (exact) mass is 264 g/mol. The molecular weight excluding hydrogens is 244 g/mol. The highest BCUT2D eigenvalue weighted by atomic mass is 32.2. The van der Waals surface area contributed by atoms with Gasteiger partial charge in [-0.1, -0.05) is 19.1 Å². The van der Waals surface area contributed by atoms with Crippen LogP contribution in [0, 0.1) is 0 Å². The van der Waals surface area contributed by atoms with Gasteiger partial charge in [-0.3, -0.25) is 4.79 Å². The quantitative estimate of drug-likeness (QED) is 0.850. The first-order valence-electron chi connectivity index (χ1n) is 6.49. The molecule has 1 unspecified atom stereocenters. The average molecular weight is 264 g/mol. The molecule has 1 amide bonds. The molecule has 1 aliphatic heterocycles. The van der Waals surface area contributed by atoms with Crippen molar-refractivity contribution < 1.29 is 4.79 Å². The summed E-state index contributed by atoms with van der Waals surface area (Å²) in [5, 5.41) is 0. The molecule has 2 N–H and O–H groups in total. The smallest absolute Gasteiger partial charge is 0.244 e. The molecule has 0 aromatic heterocycles. The van der Waals surface area contributed by atoms with Crippen LogP contribution in [0.3, 0.4) is 0 Å². The molecule has 1 fully saturated rings. The van der Waals surface area contributed by atoms with E-state index in [0.717, 1.165) is 37.2 Å². The number of thioether (sulfide) groups is 1. The molecular formula is C14H20N2OS. The Morgan fingerprint density at radius 3 is 2.50 bits per heavy atom. The van der Waals surface area contributed by atoms with Crippen molar-refractivity contribution in [3.05, 3.63) is 29.8 Å². The number of carbonyl (C=O) groups excluding carboxylic acids is 1. The van der Waals surface area contributed by atoms with E-state index in [1.807, 2.05) is 29.2 Å². The summed E-state index contributed by atoms with van der Waals surface area (Å²) in [5.74, 6) is 1.11. The van der Waals surface area contributed by atoms with Gasteiger partial charge in [0.2, 0.25) is 5.91 Å². The number of hydrogen-bond donors (Lipinski definition) is 1. The lowest BCUT2D eigenvalue weighted by molar-refractivity contribution is -0.131. The van der Waals surface area contributed by atoms with Gasteiger partial charge in [0.05, 0.1) is 0 Å². The zero-order chi connectivity index (χ0) is 13.0. The summed E-state index contributed by atoms with van der Waals surface area (Å²) in [7, 11) is 0. The van der Waals surface area contributed by atoms with Crippen molar-refractivity contribution in [2.75, 3.05) is 18.8 Å². The molecule has 1 saturated heterocycles. The summed E-state index contributed by atoms with van der Waals surface area (Å²) in [6.07, 6.45) is 2.20. The Kier molecular flexibility index (Phi) is 4.66. The lowest BCUT2D eigenvalue weighted by Gasteiger charge is -2.20. The minimum Gasteiger partial charge on any atom is -0.341 e. The van der Waals surface area contributed by atoms with Crippen LogP contribution in [0.4, 0.5) is 0 Å². The van der Waals surface area contributed by atoms with E-state index in [4.69, 9.17) is 5.73 Å². The number of hydrogen-bond acceptors (Lipinski definition) is 3. The van der Waals surface area contributed by atoms with Gasteiger partial charge >= 0.3 is 0 Å². The Bertz CT molecular complexity index is 399. The van der Waals surface area contributed by atoms with Crippen LogP contribution in [0.25, 0.3) is 0 Å². The Balaban J connectivity index is 2.03. The SMILES string of the molecule is CCSc1ccc(C(N)C(=O)N2CCCC2)cc1. The van der Waals surface area contributed by atoms with Crippen molar-refractivity contribution in [1.82, 2.24) is 4.90 Å². The second kappa shape index (κ2) is 6.25. The minimum atomic E-state index is -0.510. The molecule has 0 aliphatic carbocycles. The molecule has 0 saturated carbocycles. The summed E-state index contributed by atoms with van der Waals surface area (Å²) in [4.78, 5) is 15.3. The molecule has 18 heavy (non-hydrogen) atoms. The lowest BCUT2D eigenvalue weighted by Crippen LogP contribution is -2.36. The first-order chi connectivity index (χ1) is 8.72. The maximum atomic E-state index is 12.2. The number of benzene rings is 1. The van der Waals surface area contributed by atoms with E-state index in [2.05, 4.69) is 6.92 Å². The van der Waals surface area contributed by atoms with Crippen LogP contribution in [0.15, 0.2) is 29.2 Å². The second-order valence-electron chi connectivity index (χ2n) is 4.51. The molecule has 1 aliphatic rings. The molecule has 0 bridgehead atoms. The van der Waals surface area contributed by atoms with Crippen LogP contribution in [-0.2, 0) is 4.79 Å². The Labute approximate surface area is 113 Å². The fourth-order valence-corrected chi connectivity index (χ4v) is 2.88. The molecule has 1 aromatic carbocycles. The first-order valence-corrected chi connectivity index (χ1v) is 7.48. The third-order valence-electron chi connectivity index (χ3n) is 3.23. The fourth-order valence-electron chi connectivity index (χ4n) is 2.21. The first kappa shape index (κ1) is 13.4. The predicted molar refractivity (Wildman–Crippen MR) is 75.6 cm³/mol. The molecule has 98 valence electrons. The third-order valence-corrected chi connectivity index (χ3v) is 4.13. The standard InChI is InChI=1S/C14H20N2OS/c1-2-18-12-7-5-11(6-8-12)13(15)14(17)16-9-3-4-10-16/h5-8,13H,2-4,9-10,15H2,1H3. The van der Waals surface area contributed by atoms with Crippen molar-refractivity contribution in [2.24, 2.45) is 5.73 Å². The fraction of sp³-hybridized carbons (Fsp3) is 0.500. The highest BCUT2D eigenvalue weighted by Crippen LogP contribution is 2.22. The molecule has 0 spiro atoms. The van der Waals surface area contributed by atoms with Gasteiger partial charge in [0.25, 0.3) is 0 Å². The lowest BCUT2D eigenvalue weighted by atomic mass is 10.1. The van der Waals surface area contributed by atoms with Crippen LogP contribution in [0.1, 0.15) is 31.4 Å². The van der Waals surface area contributed by atoms with Crippen LogP contribution in [0.5, 0.6) is 0 Å². The maximum Gasteiger partial charge on any atom is 0.244 e. The number of carbonyl (C=O) groups is 1. The summed E-state index contributed by atoms with van der Waals surface area (Å²) < 4.78 is 0. The van der Waals surface area contributed by atoms with Gasteiger partial charge in [0, 0.05) is 18.0 Å². The summed E-state index contributed by atoms with van der Waals surface area (Å²) in [5.41, 5.74) is 6.95. The van der Waals surface area contributed by atoms with Crippen molar-refractivity contribution in [3.8, 4) is 0 Å². The minimum absolute atomic E-state index is 0.0587. The zero-order valence-corrected chi connectivity index (χ0v) is 11.6. The number of nitrogens with zero attached hydrogens (tertiary/aromatic N) is 1. The largest absolute Gasteiger partial charge is 0.341 e. The zero-order valence-electron chi connectivity index (χ0n) is 10.8. The molecule has 1 heterocycles. The van der Waals surface area contributed by atoms with Gasteiger partial charge in [0.15, 0.2) is 0 Å². The van der Waals surface area contributed by atoms with Crippen molar-refractivity contribution in [1.29, 1.82) is 0 Å². The second-order valence-corrected chi connectivity index (χ2v) is 5.85. The Hall–Kier alpha value is -1.00. The van der Waals surface area contributed by atoms with Crippen LogP contribution < -0.4 is 5.73 Å².